The van der Waals surface area contributed by atoms with Crippen molar-refractivity contribution >= 4 is 11.9 Å². The van der Waals surface area contributed by atoms with Gasteiger partial charge in [0, 0.05) is 19.2 Å². The van der Waals surface area contributed by atoms with Crippen molar-refractivity contribution < 1.29 is 24.5 Å². The average molecular weight is 297 g/mol. The van der Waals surface area contributed by atoms with Gasteiger partial charge in [-0.05, 0) is 13.8 Å². The highest BCUT2D eigenvalue weighted by Crippen LogP contribution is 2.18. The Balaban J connectivity index is 2.23. The van der Waals surface area contributed by atoms with Crippen LogP contribution in [0.1, 0.15) is 24.3 Å². The van der Waals surface area contributed by atoms with E-state index in [1.807, 2.05) is 4.90 Å². The normalized spacial score (nSPS) is 15.9. The molecule has 1 aliphatic rings. The van der Waals surface area contributed by atoms with E-state index in [4.69, 9.17) is 14.6 Å². The molecule has 0 aliphatic carbocycles. The summed E-state index contributed by atoms with van der Waals surface area (Å²) in [5.74, 6) is -0.727. The Morgan fingerprint density at radius 2 is 2.10 bits per heavy atom. The first-order chi connectivity index (χ1) is 9.85. The number of ether oxygens (including phenoxy) is 2. The summed E-state index contributed by atoms with van der Waals surface area (Å²) >= 11 is 0. The van der Waals surface area contributed by atoms with Crippen LogP contribution >= 0.6 is 0 Å². The molecule has 116 valence electrons. The minimum Gasteiger partial charge on any atom is -0.477 e. The van der Waals surface area contributed by atoms with E-state index in [0.717, 1.165) is 0 Å². The monoisotopic (exact) mass is 297 g/mol. The lowest BCUT2D eigenvalue weighted by Gasteiger charge is -2.27. The van der Waals surface area contributed by atoms with Crippen molar-refractivity contribution in [3.63, 3.8) is 0 Å². The molecule has 21 heavy (non-hydrogen) atoms. The van der Waals surface area contributed by atoms with Gasteiger partial charge in [-0.15, -0.1) is 0 Å². The standard InChI is InChI=1S/C13H19N3O5/c1-13(2,19)8-21-10-7-9(11(17)18)14-12(15-10)16-3-5-20-6-4-16/h7,19H,3-6,8H2,1-2H3,(H,17,18). The molecule has 0 atom stereocenters. The van der Waals surface area contributed by atoms with E-state index in [1.165, 1.54) is 6.07 Å². The van der Waals surface area contributed by atoms with E-state index in [2.05, 4.69) is 9.97 Å². The zero-order valence-corrected chi connectivity index (χ0v) is 12.1. The Labute approximate surface area is 122 Å². The Hall–Kier alpha value is -1.93. The number of carbonyl (C=O) groups is 1. The van der Waals surface area contributed by atoms with Gasteiger partial charge in [0.2, 0.25) is 11.8 Å². The predicted molar refractivity (Wildman–Crippen MR) is 73.8 cm³/mol. The van der Waals surface area contributed by atoms with Crippen molar-refractivity contribution in [2.75, 3.05) is 37.8 Å². The molecule has 1 aromatic heterocycles. The molecule has 0 unspecified atom stereocenters. The topological polar surface area (TPSA) is 105 Å². The van der Waals surface area contributed by atoms with Crippen molar-refractivity contribution in [3.8, 4) is 5.88 Å². The van der Waals surface area contributed by atoms with Crippen LogP contribution < -0.4 is 9.64 Å². The second kappa shape index (κ2) is 6.23. The first-order valence-electron chi connectivity index (χ1n) is 6.65. The summed E-state index contributed by atoms with van der Waals surface area (Å²) in [6.45, 7) is 5.46. The quantitative estimate of drug-likeness (QED) is 0.792. The molecule has 0 aromatic carbocycles. The number of aromatic nitrogens is 2. The van der Waals surface area contributed by atoms with Crippen molar-refractivity contribution in [2.45, 2.75) is 19.4 Å². The molecule has 1 aromatic rings. The average Bonchev–Trinajstić information content (AvgIpc) is 2.45. The number of aromatic carboxylic acids is 1. The van der Waals surface area contributed by atoms with E-state index in [-0.39, 0.29) is 18.2 Å². The predicted octanol–water partition coefficient (Wildman–Crippen LogP) is 0.161. The summed E-state index contributed by atoms with van der Waals surface area (Å²) in [5.41, 5.74) is -1.18. The fourth-order valence-electron chi connectivity index (χ4n) is 1.75. The maximum atomic E-state index is 11.2. The third kappa shape index (κ3) is 4.54. The summed E-state index contributed by atoms with van der Waals surface area (Å²) in [4.78, 5) is 21.2. The molecule has 1 saturated heterocycles. The second-order valence-electron chi connectivity index (χ2n) is 5.40. The molecular formula is C13H19N3O5. The summed E-state index contributed by atoms with van der Waals surface area (Å²) in [5, 5.41) is 18.8. The van der Waals surface area contributed by atoms with Gasteiger partial charge in [-0.3, -0.25) is 0 Å². The first-order valence-corrected chi connectivity index (χ1v) is 6.65. The molecule has 8 nitrogen and oxygen atoms in total. The minimum atomic E-state index is -1.15. The van der Waals surface area contributed by atoms with Gasteiger partial charge in [-0.25, -0.2) is 9.78 Å². The highest BCUT2D eigenvalue weighted by atomic mass is 16.5. The van der Waals surface area contributed by atoms with Crippen LogP contribution in [0.2, 0.25) is 0 Å². The van der Waals surface area contributed by atoms with Crippen LogP contribution in [0, 0.1) is 0 Å². The zero-order valence-electron chi connectivity index (χ0n) is 12.1. The van der Waals surface area contributed by atoms with E-state index >= 15 is 0 Å². The number of carboxylic acids is 1. The lowest BCUT2D eigenvalue weighted by Crippen LogP contribution is -2.37. The van der Waals surface area contributed by atoms with Crippen LogP contribution in [0.15, 0.2) is 6.07 Å². The number of rotatable bonds is 5. The molecule has 2 rings (SSSR count). The minimum absolute atomic E-state index is 0.00558. The van der Waals surface area contributed by atoms with Crippen molar-refractivity contribution in [1.29, 1.82) is 0 Å². The fraction of sp³-hybridized carbons (Fsp3) is 0.615. The van der Waals surface area contributed by atoms with Gasteiger partial charge in [0.15, 0.2) is 5.69 Å². The van der Waals surface area contributed by atoms with Crippen LogP contribution in [-0.4, -0.2) is 64.7 Å². The maximum absolute atomic E-state index is 11.2. The largest absolute Gasteiger partial charge is 0.477 e. The maximum Gasteiger partial charge on any atom is 0.354 e. The molecule has 2 heterocycles. The zero-order chi connectivity index (χ0) is 15.5. The SMILES string of the molecule is CC(C)(O)COc1cc(C(=O)O)nc(N2CCOCC2)n1. The molecular weight excluding hydrogens is 278 g/mol. The van der Waals surface area contributed by atoms with Gasteiger partial charge in [-0.2, -0.15) is 4.98 Å². The molecule has 1 aliphatic heterocycles. The van der Waals surface area contributed by atoms with Gasteiger partial charge in [-0.1, -0.05) is 0 Å². The van der Waals surface area contributed by atoms with E-state index in [9.17, 15) is 9.90 Å². The van der Waals surface area contributed by atoms with Gasteiger partial charge in [0.05, 0.1) is 18.8 Å². The van der Waals surface area contributed by atoms with Crippen LogP contribution in [-0.2, 0) is 4.74 Å². The number of anilines is 1. The number of morpholine rings is 1. The highest BCUT2D eigenvalue weighted by molar-refractivity contribution is 5.86. The smallest absolute Gasteiger partial charge is 0.354 e. The third-order valence-electron chi connectivity index (χ3n) is 2.78. The fourth-order valence-corrected chi connectivity index (χ4v) is 1.75. The molecule has 0 amide bonds. The summed E-state index contributed by atoms with van der Waals surface area (Å²) in [6.07, 6.45) is 0. The van der Waals surface area contributed by atoms with Crippen LogP contribution in [0.5, 0.6) is 5.88 Å². The Morgan fingerprint density at radius 3 is 2.67 bits per heavy atom. The molecule has 0 spiro atoms. The summed E-state index contributed by atoms with van der Waals surface area (Å²) in [6, 6.07) is 1.25. The van der Waals surface area contributed by atoms with Gasteiger partial charge in [0.25, 0.3) is 0 Å². The van der Waals surface area contributed by atoms with E-state index in [1.54, 1.807) is 13.8 Å². The number of carboxylic acid groups (broad SMARTS) is 1. The molecule has 2 N–H and O–H groups in total. The Morgan fingerprint density at radius 1 is 1.43 bits per heavy atom. The molecule has 0 radical (unpaired) electrons. The van der Waals surface area contributed by atoms with Gasteiger partial charge >= 0.3 is 5.97 Å². The van der Waals surface area contributed by atoms with Crippen LogP contribution in [0.3, 0.4) is 0 Å². The molecule has 0 bridgehead atoms. The van der Waals surface area contributed by atoms with Crippen molar-refractivity contribution in [3.05, 3.63) is 11.8 Å². The number of hydrogen-bond acceptors (Lipinski definition) is 7. The van der Waals surface area contributed by atoms with Crippen molar-refractivity contribution in [1.82, 2.24) is 9.97 Å². The Bertz CT molecular complexity index is 509. The molecule has 0 saturated carbocycles. The lowest BCUT2D eigenvalue weighted by atomic mass is 10.2. The molecule has 8 heteroatoms. The number of hydrogen-bond donors (Lipinski definition) is 2. The third-order valence-corrected chi connectivity index (χ3v) is 2.78. The van der Waals surface area contributed by atoms with Gasteiger partial charge < -0.3 is 24.6 Å². The van der Waals surface area contributed by atoms with E-state index in [0.29, 0.717) is 32.3 Å². The summed E-state index contributed by atoms with van der Waals surface area (Å²) < 4.78 is 10.6. The first kappa shape index (κ1) is 15.5. The summed E-state index contributed by atoms with van der Waals surface area (Å²) in [7, 11) is 0. The van der Waals surface area contributed by atoms with Gasteiger partial charge in [0.1, 0.15) is 6.61 Å². The number of aliphatic hydroxyl groups is 1. The highest BCUT2D eigenvalue weighted by Gasteiger charge is 2.20. The molecule has 1 fully saturated rings. The number of nitrogens with zero attached hydrogens (tertiary/aromatic N) is 3. The lowest BCUT2D eigenvalue weighted by molar-refractivity contribution is 0.0267. The van der Waals surface area contributed by atoms with Crippen LogP contribution in [0.4, 0.5) is 5.95 Å². The second-order valence-corrected chi connectivity index (χ2v) is 5.40. The Kier molecular flexibility index (Phi) is 4.59. The van der Waals surface area contributed by atoms with Crippen molar-refractivity contribution in [2.24, 2.45) is 0 Å². The van der Waals surface area contributed by atoms with Crippen LogP contribution in [0.25, 0.3) is 0 Å². The van der Waals surface area contributed by atoms with E-state index < -0.39 is 11.6 Å².